The maximum atomic E-state index is 3.67. The molecule has 1 atom stereocenters. The van der Waals surface area contributed by atoms with Gasteiger partial charge in [0.25, 0.3) is 0 Å². The summed E-state index contributed by atoms with van der Waals surface area (Å²) in [6.07, 6.45) is 10.0. The molecule has 2 nitrogen and oxygen atoms in total. The number of likely N-dealkylation sites (tertiary alicyclic amines) is 1. The number of allylic oxidation sites excluding steroid dienone is 2. The topological polar surface area (TPSA) is 15.3 Å². The molecule has 0 amide bonds. The van der Waals surface area contributed by atoms with Crippen LogP contribution < -0.4 is 5.32 Å². The second-order valence-corrected chi connectivity index (χ2v) is 5.13. The number of nitrogens with zero attached hydrogens (tertiary/aromatic N) is 1. The Kier molecular flexibility index (Phi) is 4.21. The molecule has 1 fully saturated rings. The van der Waals surface area contributed by atoms with Crippen molar-refractivity contribution in [2.24, 2.45) is 5.92 Å². The summed E-state index contributed by atoms with van der Waals surface area (Å²) < 4.78 is 0. The van der Waals surface area contributed by atoms with E-state index in [0.29, 0.717) is 6.04 Å². The Morgan fingerprint density at radius 2 is 1.93 bits per heavy atom. The third-order valence-electron chi connectivity index (χ3n) is 3.59. The molecule has 1 unspecified atom stereocenters. The molecule has 2 rings (SSSR count). The maximum Gasteiger partial charge on any atom is 0.0166 e. The van der Waals surface area contributed by atoms with Gasteiger partial charge in [-0.05, 0) is 58.2 Å². The van der Waals surface area contributed by atoms with Crippen LogP contribution in [-0.2, 0) is 0 Å². The van der Waals surface area contributed by atoms with Crippen LogP contribution in [0.15, 0.2) is 12.2 Å². The first-order valence-electron chi connectivity index (χ1n) is 6.45. The van der Waals surface area contributed by atoms with E-state index in [4.69, 9.17) is 0 Å². The fourth-order valence-electron chi connectivity index (χ4n) is 2.63. The van der Waals surface area contributed by atoms with Crippen molar-refractivity contribution in [2.45, 2.75) is 38.6 Å². The maximum absolute atomic E-state index is 3.67. The van der Waals surface area contributed by atoms with Gasteiger partial charge in [-0.3, -0.25) is 0 Å². The van der Waals surface area contributed by atoms with Crippen molar-refractivity contribution in [2.75, 3.05) is 26.2 Å². The Morgan fingerprint density at radius 1 is 1.27 bits per heavy atom. The molecule has 0 aromatic rings. The summed E-state index contributed by atoms with van der Waals surface area (Å²) in [5.41, 5.74) is 0. The number of rotatable bonds is 5. The summed E-state index contributed by atoms with van der Waals surface area (Å²) in [5, 5.41) is 3.67. The van der Waals surface area contributed by atoms with Crippen LogP contribution in [0.2, 0.25) is 0 Å². The predicted molar refractivity (Wildman–Crippen MR) is 65.0 cm³/mol. The molecule has 0 saturated carbocycles. The van der Waals surface area contributed by atoms with Crippen molar-refractivity contribution >= 4 is 0 Å². The van der Waals surface area contributed by atoms with E-state index in [1.165, 1.54) is 51.9 Å². The number of nitrogens with one attached hydrogen (secondary N) is 1. The Labute approximate surface area is 93.7 Å². The van der Waals surface area contributed by atoms with Crippen molar-refractivity contribution < 1.29 is 0 Å². The van der Waals surface area contributed by atoms with E-state index in [1.807, 2.05) is 0 Å². The standard InChI is InChI=1S/C13H24N2/c1-12(11-15-8-4-5-9-15)14-10-13-6-2-3-7-13/h2-3,12-14H,4-11H2,1H3. The molecule has 2 aliphatic rings. The van der Waals surface area contributed by atoms with E-state index in [9.17, 15) is 0 Å². The van der Waals surface area contributed by atoms with Gasteiger partial charge in [-0.15, -0.1) is 0 Å². The summed E-state index contributed by atoms with van der Waals surface area (Å²) in [4.78, 5) is 2.59. The Bertz CT molecular complexity index is 199. The molecular formula is C13H24N2. The van der Waals surface area contributed by atoms with E-state index >= 15 is 0 Å². The Hall–Kier alpha value is -0.340. The van der Waals surface area contributed by atoms with Crippen LogP contribution in [0.3, 0.4) is 0 Å². The van der Waals surface area contributed by atoms with Crippen molar-refractivity contribution in [3.63, 3.8) is 0 Å². The van der Waals surface area contributed by atoms with Gasteiger partial charge in [-0.1, -0.05) is 12.2 Å². The van der Waals surface area contributed by atoms with Gasteiger partial charge < -0.3 is 10.2 Å². The van der Waals surface area contributed by atoms with E-state index in [2.05, 4.69) is 29.3 Å². The largest absolute Gasteiger partial charge is 0.313 e. The molecule has 0 aromatic carbocycles. The Morgan fingerprint density at radius 3 is 2.60 bits per heavy atom. The summed E-state index contributed by atoms with van der Waals surface area (Å²) in [6, 6.07) is 0.656. The lowest BCUT2D eigenvalue weighted by molar-refractivity contribution is 0.292. The summed E-state index contributed by atoms with van der Waals surface area (Å²) >= 11 is 0. The van der Waals surface area contributed by atoms with Crippen LogP contribution in [-0.4, -0.2) is 37.1 Å². The van der Waals surface area contributed by atoms with Gasteiger partial charge in [0.05, 0.1) is 0 Å². The molecule has 86 valence electrons. The van der Waals surface area contributed by atoms with Crippen LogP contribution in [0.25, 0.3) is 0 Å². The van der Waals surface area contributed by atoms with Gasteiger partial charge in [0, 0.05) is 12.6 Å². The number of hydrogen-bond donors (Lipinski definition) is 1. The first kappa shape index (κ1) is 11.2. The molecule has 15 heavy (non-hydrogen) atoms. The van der Waals surface area contributed by atoms with Gasteiger partial charge in [-0.25, -0.2) is 0 Å². The highest BCUT2D eigenvalue weighted by molar-refractivity contribution is 4.95. The van der Waals surface area contributed by atoms with Crippen LogP contribution >= 0.6 is 0 Å². The second kappa shape index (κ2) is 5.66. The molecule has 1 aliphatic carbocycles. The zero-order chi connectivity index (χ0) is 10.5. The molecule has 1 heterocycles. The molecule has 1 N–H and O–H groups in total. The summed E-state index contributed by atoms with van der Waals surface area (Å²) in [7, 11) is 0. The van der Waals surface area contributed by atoms with E-state index in [1.54, 1.807) is 0 Å². The lowest BCUT2D eigenvalue weighted by Crippen LogP contribution is -2.39. The second-order valence-electron chi connectivity index (χ2n) is 5.13. The Balaban J connectivity index is 1.57. The van der Waals surface area contributed by atoms with Crippen molar-refractivity contribution in [3.8, 4) is 0 Å². The minimum atomic E-state index is 0.656. The first-order valence-corrected chi connectivity index (χ1v) is 6.45. The van der Waals surface area contributed by atoms with Gasteiger partial charge in [0.15, 0.2) is 0 Å². The smallest absolute Gasteiger partial charge is 0.0166 e. The summed E-state index contributed by atoms with van der Waals surface area (Å²) in [5.74, 6) is 0.867. The zero-order valence-electron chi connectivity index (χ0n) is 9.91. The molecule has 0 aromatic heterocycles. The highest BCUT2D eigenvalue weighted by Crippen LogP contribution is 2.16. The average Bonchev–Trinajstić information content (AvgIpc) is 2.86. The van der Waals surface area contributed by atoms with Gasteiger partial charge in [0.1, 0.15) is 0 Å². The fraction of sp³-hybridized carbons (Fsp3) is 0.846. The molecule has 1 aliphatic heterocycles. The lowest BCUT2D eigenvalue weighted by atomic mass is 10.1. The highest BCUT2D eigenvalue weighted by Gasteiger charge is 2.15. The zero-order valence-corrected chi connectivity index (χ0v) is 9.91. The van der Waals surface area contributed by atoms with E-state index < -0.39 is 0 Å². The fourth-order valence-corrected chi connectivity index (χ4v) is 2.63. The molecular weight excluding hydrogens is 184 g/mol. The van der Waals surface area contributed by atoms with Gasteiger partial charge in [-0.2, -0.15) is 0 Å². The lowest BCUT2D eigenvalue weighted by Gasteiger charge is -2.22. The van der Waals surface area contributed by atoms with Gasteiger partial charge in [0.2, 0.25) is 0 Å². The predicted octanol–water partition coefficient (Wildman–Crippen LogP) is 2.03. The molecule has 0 bridgehead atoms. The monoisotopic (exact) mass is 208 g/mol. The average molecular weight is 208 g/mol. The third kappa shape index (κ3) is 3.62. The van der Waals surface area contributed by atoms with Crippen LogP contribution in [0.5, 0.6) is 0 Å². The first-order chi connectivity index (χ1) is 7.34. The minimum absolute atomic E-state index is 0.656. The molecule has 0 radical (unpaired) electrons. The molecule has 2 heteroatoms. The normalized spacial score (nSPS) is 25.1. The van der Waals surface area contributed by atoms with E-state index in [-0.39, 0.29) is 0 Å². The molecule has 0 spiro atoms. The minimum Gasteiger partial charge on any atom is -0.313 e. The van der Waals surface area contributed by atoms with Crippen molar-refractivity contribution in [3.05, 3.63) is 12.2 Å². The van der Waals surface area contributed by atoms with E-state index in [0.717, 1.165) is 5.92 Å². The third-order valence-corrected chi connectivity index (χ3v) is 3.59. The van der Waals surface area contributed by atoms with Crippen LogP contribution in [0.4, 0.5) is 0 Å². The van der Waals surface area contributed by atoms with Crippen molar-refractivity contribution in [1.82, 2.24) is 10.2 Å². The van der Waals surface area contributed by atoms with Crippen LogP contribution in [0.1, 0.15) is 32.6 Å². The van der Waals surface area contributed by atoms with Crippen LogP contribution in [0, 0.1) is 5.92 Å². The quantitative estimate of drug-likeness (QED) is 0.695. The highest BCUT2D eigenvalue weighted by atomic mass is 15.2. The SMILES string of the molecule is CC(CN1CCCC1)NCC1CC=CC1. The van der Waals surface area contributed by atoms with Gasteiger partial charge >= 0.3 is 0 Å². The van der Waals surface area contributed by atoms with Crippen molar-refractivity contribution in [1.29, 1.82) is 0 Å². The molecule has 1 saturated heterocycles. The number of hydrogen-bond acceptors (Lipinski definition) is 2. The summed E-state index contributed by atoms with van der Waals surface area (Å²) in [6.45, 7) is 7.39.